The zero-order valence-corrected chi connectivity index (χ0v) is 12.2. The summed E-state index contributed by atoms with van der Waals surface area (Å²) in [6.45, 7) is 1.07. The van der Waals surface area contributed by atoms with Crippen molar-refractivity contribution in [2.24, 2.45) is 0 Å². The van der Waals surface area contributed by atoms with Crippen LogP contribution >= 0.6 is 11.6 Å². The highest BCUT2D eigenvalue weighted by Crippen LogP contribution is 2.19. The van der Waals surface area contributed by atoms with Crippen LogP contribution in [-0.2, 0) is 4.79 Å². The fourth-order valence-electron chi connectivity index (χ4n) is 2.55. The molecule has 1 atom stereocenters. The zero-order valence-electron chi connectivity index (χ0n) is 11.4. The third-order valence-electron chi connectivity index (χ3n) is 3.61. The average molecular weight is 306 g/mol. The molecule has 1 aliphatic rings. The summed E-state index contributed by atoms with van der Waals surface area (Å²) in [5.41, 5.74) is 1.42. The molecule has 1 aliphatic heterocycles. The lowest BCUT2D eigenvalue weighted by atomic mass is 10.1. The van der Waals surface area contributed by atoms with Crippen LogP contribution in [0.2, 0.25) is 5.15 Å². The van der Waals surface area contributed by atoms with E-state index in [2.05, 4.69) is 4.98 Å². The van der Waals surface area contributed by atoms with Crippen LogP contribution in [0.1, 0.15) is 18.5 Å². The van der Waals surface area contributed by atoms with Crippen LogP contribution in [0.15, 0.2) is 30.5 Å². The SMILES string of the molecule is O=C(C=Cc1c(Cl)nc2ccccn12)N1CCCC(O)C1. The highest BCUT2D eigenvalue weighted by Gasteiger charge is 2.20. The smallest absolute Gasteiger partial charge is 0.246 e. The Morgan fingerprint density at radius 1 is 1.48 bits per heavy atom. The van der Waals surface area contributed by atoms with Gasteiger partial charge in [-0.15, -0.1) is 0 Å². The van der Waals surface area contributed by atoms with Crippen LogP contribution in [0.4, 0.5) is 0 Å². The molecule has 2 aromatic heterocycles. The molecule has 1 N–H and O–H groups in total. The Balaban J connectivity index is 1.81. The summed E-state index contributed by atoms with van der Waals surface area (Å²) in [6.07, 6.45) is 6.18. The van der Waals surface area contributed by atoms with E-state index in [1.807, 2.05) is 28.8 Å². The van der Waals surface area contributed by atoms with Crippen molar-refractivity contribution in [1.29, 1.82) is 0 Å². The molecular weight excluding hydrogens is 290 g/mol. The lowest BCUT2D eigenvalue weighted by Gasteiger charge is -2.29. The first-order chi connectivity index (χ1) is 10.1. The summed E-state index contributed by atoms with van der Waals surface area (Å²) in [7, 11) is 0. The van der Waals surface area contributed by atoms with Crippen LogP contribution in [0.3, 0.4) is 0 Å². The number of amides is 1. The van der Waals surface area contributed by atoms with E-state index in [9.17, 15) is 9.90 Å². The van der Waals surface area contributed by atoms with E-state index in [1.165, 1.54) is 6.08 Å². The van der Waals surface area contributed by atoms with Gasteiger partial charge in [-0.3, -0.25) is 9.20 Å². The monoisotopic (exact) mass is 305 g/mol. The van der Waals surface area contributed by atoms with Crippen molar-refractivity contribution in [2.75, 3.05) is 13.1 Å². The van der Waals surface area contributed by atoms with E-state index in [-0.39, 0.29) is 5.91 Å². The highest BCUT2D eigenvalue weighted by atomic mass is 35.5. The number of hydrogen-bond donors (Lipinski definition) is 1. The minimum absolute atomic E-state index is 0.115. The number of β-amino-alcohol motifs (C(OH)–C–C–N with tert-alkyl or cyclic N) is 1. The van der Waals surface area contributed by atoms with Gasteiger partial charge in [-0.2, -0.15) is 0 Å². The number of carbonyl (C=O) groups excluding carboxylic acids is 1. The Morgan fingerprint density at radius 3 is 3.14 bits per heavy atom. The number of aromatic nitrogens is 2. The number of pyridine rings is 1. The second kappa shape index (κ2) is 5.87. The summed E-state index contributed by atoms with van der Waals surface area (Å²) in [5, 5.41) is 9.98. The zero-order chi connectivity index (χ0) is 14.8. The number of imidazole rings is 1. The van der Waals surface area contributed by atoms with Gasteiger partial charge in [0.2, 0.25) is 5.91 Å². The Kier molecular flexibility index (Phi) is 3.94. The van der Waals surface area contributed by atoms with E-state index in [0.717, 1.165) is 18.5 Å². The van der Waals surface area contributed by atoms with Gasteiger partial charge in [-0.05, 0) is 31.1 Å². The summed E-state index contributed by atoms with van der Waals surface area (Å²) >= 11 is 6.11. The van der Waals surface area contributed by atoms with Crippen molar-refractivity contribution in [3.05, 3.63) is 41.3 Å². The number of piperidine rings is 1. The fraction of sp³-hybridized carbons (Fsp3) is 0.333. The van der Waals surface area contributed by atoms with E-state index in [0.29, 0.717) is 23.9 Å². The molecule has 0 radical (unpaired) electrons. The number of likely N-dealkylation sites (tertiary alicyclic amines) is 1. The maximum Gasteiger partial charge on any atom is 0.246 e. The Bertz CT molecular complexity index is 695. The first-order valence-corrected chi connectivity index (χ1v) is 7.30. The number of fused-ring (bicyclic) bond motifs is 1. The van der Waals surface area contributed by atoms with E-state index >= 15 is 0 Å². The minimum Gasteiger partial charge on any atom is -0.391 e. The molecule has 2 aromatic rings. The van der Waals surface area contributed by atoms with Crippen molar-refractivity contribution in [3.63, 3.8) is 0 Å². The minimum atomic E-state index is -0.421. The molecule has 3 rings (SSSR count). The molecule has 1 amide bonds. The molecule has 21 heavy (non-hydrogen) atoms. The topological polar surface area (TPSA) is 57.8 Å². The average Bonchev–Trinajstić information content (AvgIpc) is 2.80. The van der Waals surface area contributed by atoms with Gasteiger partial charge < -0.3 is 10.0 Å². The number of carbonyl (C=O) groups is 1. The van der Waals surface area contributed by atoms with Gasteiger partial charge in [0.25, 0.3) is 0 Å². The molecule has 5 nitrogen and oxygen atoms in total. The van der Waals surface area contributed by atoms with Crippen molar-refractivity contribution >= 4 is 29.2 Å². The van der Waals surface area contributed by atoms with Crippen LogP contribution in [0, 0.1) is 0 Å². The molecule has 6 heteroatoms. The Morgan fingerprint density at radius 2 is 2.33 bits per heavy atom. The Labute approximate surface area is 127 Å². The second-order valence-electron chi connectivity index (χ2n) is 5.13. The third kappa shape index (κ3) is 2.94. The summed E-state index contributed by atoms with van der Waals surface area (Å²) in [5.74, 6) is -0.115. The predicted molar refractivity (Wildman–Crippen MR) is 81.1 cm³/mol. The standard InChI is InChI=1S/C15H16ClN3O2/c16-15-12(19-9-2-1-5-13(19)17-15)6-7-14(21)18-8-3-4-11(20)10-18/h1-2,5-7,9,11,20H,3-4,8,10H2. The maximum absolute atomic E-state index is 12.1. The number of rotatable bonds is 2. The third-order valence-corrected chi connectivity index (χ3v) is 3.89. The van der Waals surface area contributed by atoms with Crippen LogP contribution in [0.5, 0.6) is 0 Å². The normalized spacial score (nSPS) is 19.5. The van der Waals surface area contributed by atoms with Crippen molar-refractivity contribution in [2.45, 2.75) is 18.9 Å². The van der Waals surface area contributed by atoms with Crippen molar-refractivity contribution in [3.8, 4) is 0 Å². The van der Waals surface area contributed by atoms with Crippen molar-refractivity contribution in [1.82, 2.24) is 14.3 Å². The largest absolute Gasteiger partial charge is 0.391 e. The molecule has 0 aliphatic carbocycles. The molecular formula is C15H16ClN3O2. The highest BCUT2D eigenvalue weighted by molar-refractivity contribution is 6.31. The molecule has 0 aromatic carbocycles. The molecule has 3 heterocycles. The molecule has 1 saturated heterocycles. The van der Waals surface area contributed by atoms with E-state index < -0.39 is 6.10 Å². The van der Waals surface area contributed by atoms with Crippen LogP contribution < -0.4 is 0 Å². The molecule has 110 valence electrons. The first kappa shape index (κ1) is 14.1. The van der Waals surface area contributed by atoms with Gasteiger partial charge in [-0.25, -0.2) is 4.98 Å². The van der Waals surface area contributed by atoms with Gasteiger partial charge in [0, 0.05) is 25.4 Å². The maximum atomic E-state index is 12.1. The number of aliphatic hydroxyl groups excluding tert-OH is 1. The Hall–Kier alpha value is -1.85. The number of aliphatic hydroxyl groups is 1. The molecule has 1 fully saturated rings. The van der Waals surface area contributed by atoms with Gasteiger partial charge in [0.1, 0.15) is 5.65 Å². The van der Waals surface area contributed by atoms with Gasteiger partial charge in [-0.1, -0.05) is 17.7 Å². The van der Waals surface area contributed by atoms with Crippen molar-refractivity contribution < 1.29 is 9.90 Å². The molecule has 0 spiro atoms. The van der Waals surface area contributed by atoms with Crippen LogP contribution in [-0.4, -0.2) is 44.5 Å². The predicted octanol–water partition coefficient (Wildman–Crippen LogP) is 1.98. The lowest BCUT2D eigenvalue weighted by molar-refractivity contribution is -0.128. The number of hydrogen-bond acceptors (Lipinski definition) is 3. The van der Waals surface area contributed by atoms with E-state index in [1.54, 1.807) is 11.0 Å². The van der Waals surface area contributed by atoms with Gasteiger partial charge in [0.05, 0.1) is 11.8 Å². The van der Waals surface area contributed by atoms with Crippen LogP contribution in [0.25, 0.3) is 11.7 Å². The molecule has 0 saturated carbocycles. The molecule has 1 unspecified atom stereocenters. The molecule has 0 bridgehead atoms. The second-order valence-corrected chi connectivity index (χ2v) is 5.49. The lowest BCUT2D eigenvalue weighted by Crippen LogP contribution is -2.41. The van der Waals surface area contributed by atoms with Gasteiger partial charge >= 0.3 is 0 Å². The quantitative estimate of drug-likeness (QED) is 0.863. The first-order valence-electron chi connectivity index (χ1n) is 6.93. The summed E-state index contributed by atoms with van der Waals surface area (Å²) in [6, 6.07) is 5.61. The van der Waals surface area contributed by atoms with E-state index in [4.69, 9.17) is 11.6 Å². The van der Waals surface area contributed by atoms with Gasteiger partial charge in [0.15, 0.2) is 5.15 Å². The summed E-state index contributed by atoms with van der Waals surface area (Å²) in [4.78, 5) is 18.0. The number of halogens is 1. The fourth-order valence-corrected chi connectivity index (χ4v) is 2.79. The number of nitrogens with zero attached hydrogens (tertiary/aromatic N) is 3. The summed E-state index contributed by atoms with van der Waals surface area (Å²) < 4.78 is 1.83.